The highest BCUT2D eigenvalue weighted by Gasteiger charge is 2.21. The SMILES string of the molecule is Nc1ccc(CN(c2ccc(N)cc2)C2CCNCC2)cc1. The Bertz CT molecular complexity index is 585. The molecule has 1 aliphatic heterocycles. The minimum Gasteiger partial charge on any atom is -0.399 e. The quantitative estimate of drug-likeness (QED) is 0.759. The number of rotatable bonds is 4. The van der Waals surface area contributed by atoms with E-state index in [1.54, 1.807) is 0 Å². The summed E-state index contributed by atoms with van der Waals surface area (Å²) in [5.74, 6) is 0. The van der Waals surface area contributed by atoms with Crippen LogP contribution in [0.5, 0.6) is 0 Å². The number of benzene rings is 2. The van der Waals surface area contributed by atoms with Crippen molar-refractivity contribution in [3.05, 3.63) is 54.1 Å². The Kier molecular flexibility index (Phi) is 4.49. The third-order valence-corrected chi connectivity index (χ3v) is 4.31. The molecule has 116 valence electrons. The molecule has 3 rings (SSSR count). The second-order valence-electron chi connectivity index (χ2n) is 5.94. The molecule has 0 amide bonds. The van der Waals surface area contributed by atoms with Crippen LogP contribution in [-0.4, -0.2) is 19.1 Å². The number of nitrogens with two attached hydrogens (primary N) is 2. The fourth-order valence-corrected chi connectivity index (χ4v) is 3.04. The van der Waals surface area contributed by atoms with Crippen LogP contribution in [0.25, 0.3) is 0 Å². The van der Waals surface area contributed by atoms with Crippen molar-refractivity contribution in [3.8, 4) is 0 Å². The van der Waals surface area contributed by atoms with Crippen molar-refractivity contribution in [1.29, 1.82) is 0 Å². The first-order chi connectivity index (χ1) is 10.7. The van der Waals surface area contributed by atoms with Gasteiger partial charge in [0.15, 0.2) is 0 Å². The van der Waals surface area contributed by atoms with Crippen molar-refractivity contribution in [2.75, 3.05) is 29.5 Å². The number of nitrogens with zero attached hydrogens (tertiary/aromatic N) is 1. The van der Waals surface area contributed by atoms with Gasteiger partial charge in [-0.1, -0.05) is 12.1 Å². The molecular weight excluding hydrogens is 272 g/mol. The standard InChI is InChI=1S/C18H24N4/c19-15-3-1-14(2-4-15)13-22(18-9-11-21-12-10-18)17-7-5-16(20)6-8-17/h1-8,18,21H,9-13,19-20H2. The molecule has 0 saturated carbocycles. The van der Waals surface area contributed by atoms with Crippen molar-refractivity contribution in [3.63, 3.8) is 0 Å². The van der Waals surface area contributed by atoms with Gasteiger partial charge in [0.1, 0.15) is 0 Å². The monoisotopic (exact) mass is 296 g/mol. The summed E-state index contributed by atoms with van der Waals surface area (Å²) in [7, 11) is 0. The van der Waals surface area contributed by atoms with E-state index in [-0.39, 0.29) is 0 Å². The number of hydrogen-bond donors (Lipinski definition) is 3. The largest absolute Gasteiger partial charge is 0.399 e. The molecule has 0 aromatic heterocycles. The summed E-state index contributed by atoms with van der Waals surface area (Å²) in [4.78, 5) is 2.49. The molecule has 0 unspecified atom stereocenters. The predicted octanol–water partition coefficient (Wildman–Crippen LogP) is 2.61. The number of nitrogens with one attached hydrogen (secondary N) is 1. The number of nitrogen functional groups attached to an aromatic ring is 2. The molecule has 2 aromatic carbocycles. The van der Waals surface area contributed by atoms with E-state index in [0.717, 1.165) is 31.0 Å². The lowest BCUT2D eigenvalue weighted by atomic mass is 10.0. The van der Waals surface area contributed by atoms with Gasteiger partial charge in [0.2, 0.25) is 0 Å². The maximum absolute atomic E-state index is 5.83. The summed E-state index contributed by atoms with van der Waals surface area (Å²) in [6, 6.07) is 16.9. The Hall–Kier alpha value is -2.20. The van der Waals surface area contributed by atoms with Crippen LogP contribution in [0.3, 0.4) is 0 Å². The van der Waals surface area contributed by atoms with Crippen LogP contribution in [0.1, 0.15) is 18.4 Å². The lowest BCUT2D eigenvalue weighted by Crippen LogP contribution is -2.43. The van der Waals surface area contributed by atoms with E-state index in [0.29, 0.717) is 6.04 Å². The van der Waals surface area contributed by atoms with Crippen LogP contribution < -0.4 is 21.7 Å². The van der Waals surface area contributed by atoms with Gasteiger partial charge >= 0.3 is 0 Å². The molecule has 1 saturated heterocycles. The van der Waals surface area contributed by atoms with E-state index < -0.39 is 0 Å². The maximum Gasteiger partial charge on any atom is 0.0432 e. The van der Waals surface area contributed by atoms with Crippen LogP contribution >= 0.6 is 0 Å². The zero-order chi connectivity index (χ0) is 15.4. The minimum atomic E-state index is 0.558. The second kappa shape index (κ2) is 6.71. The molecule has 4 heteroatoms. The highest BCUT2D eigenvalue weighted by molar-refractivity contribution is 5.54. The first-order valence-electron chi connectivity index (χ1n) is 7.90. The molecule has 1 heterocycles. The van der Waals surface area contributed by atoms with Gasteiger partial charge in [0.05, 0.1) is 0 Å². The highest BCUT2D eigenvalue weighted by atomic mass is 15.2. The molecule has 0 spiro atoms. The van der Waals surface area contributed by atoms with E-state index in [9.17, 15) is 0 Å². The summed E-state index contributed by atoms with van der Waals surface area (Å²) < 4.78 is 0. The fourth-order valence-electron chi connectivity index (χ4n) is 3.04. The second-order valence-corrected chi connectivity index (χ2v) is 5.94. The van der Waals surface area contributed by atoms with Gasteiger partial charge in [0, 0.05) is 29.6 Å². The van der Waals surface area contributed by atoms with Crippen LogP contribution in [0.4, 0.5) is 17.1 Å². The van der Waals surface area contributed by atoms with Crippen LogP contribution in [0.2, 0.25) is 0 Å². The zero-order valence-electron chi connectivity index (χ0n) is 12.8. The Morgan fingerprint density at radius 2 is 1.41 bits per heavy atom. The normalized spacial score (nSPS) is 15.6. The van der Waals surface area contributed by atoms with Crippen molar-refractivity contribution in [1.82, 2.24) is 5.32 Å². The number of anilines is 3. The highest BCUT2D eigenvalue weighted by Crippen LogP contribution is 2.25. The maximum atomic E-state index is 5.83. The summed E-state index contributed by atoms with van der Waals surface area (Å²) in [5.41, 5.74) is 15.8. The fraction of sp³-hybridized carbons (Fsp3) is 0.333. The van der Waals surface area contributed by atoms with Crippen molar-refractivity contribution < 1.29 is 0 Å². The van der Waals surface area contributed by atoms with Crippen molar-refractivity contribution in [2.24, 2.45) is 0 Å². The lowest BCUT2D eigenvalue weighted by molar-refractivity contribution is 0.428. The molecule has 0 bridgehead atoms. The van der Waals surface area contributed by atoms with E-state index in [1.165, 1.54) is 24.1 Å². The first kappa shape index (κ1) is 14.7. The van der Waals surface area contributed by atoms with Gasteiger partial charge in [-0.25, -0.2) is 0 Å². The summed E-state index contributed by atoms with van der Waals surface area (Å²) in [5, 5.41) is 3.44. The van der Waals surface area contributed by atoms with E-state index in [4.69, 9.17) is 11.5 Å². The molecule has 0 aliphatic carbocycles. The first-order valence-corrected chi connectivity index (χ1v) is 7.90. The number of hydrogen-bond acceptors (Lipinski definition) is 4. The molecule has 1 fully saturated rings. The Morgan fingerprint density at radius 1 is 0.864 bits per heavy atom. The Morgan fingerprint density at radius 3 is 2.00 bits per heavy atom. The Labute approximate surface area is 132 Å². The zero-order valence-corrected chi connectivity index (χ0v) is 12.8. The molecule has 2 aromatic rings. The molecule has 1 aliphatic rings. The van der Waals surface area contributed by atoms with Crippen molar-refractivity contribution >= 4 is 17.1 Å². The van der Waals surface area contributed by atoms with E-state index in [1.807, 2.05) is 24.3 Å². The van der Waals surface area contributed by atoms with Crippen LogP contribution in [0, 0.1) is 0 Å². The van der Waals surface area contributed by atoms with Gasteiger partial charge in [0.25, 0.3) is 0 Å². The molecule has 4 nitrogen and oxygen atoms in total. The lowest BCUT2D eigenvalue weighted by Gasteiger charge is -2.36. The third-order valence-electron chi connectivity index (χ3n) is 4.31. The van der Waals surface area contributed by atoms with E-state index >= 15 is 0 Å². The molecule has 5 N–H and O–H groups in total. The van der Waals surface area contributed by atoms with Crippen LogP contribution in [0.15, 0.2) is 48.5 Å². The van der Waals surface area contributed by atoms with Gasteiger partial charge in [-0.3, -0.25) is 0 Å². The Balaban J connectivity index is 1.84. The van der Waals surface area contributed by atoms with Gasteiger partial charge in [-0.2, -0.15) is 0 Å². The summed E-state index contributed by atoms with van der Waals surface area (Å²) in [6.45, 7) is 3.06. The van der Waals surface area contributed by atoms with Gasteiger partial charge in [-0.15, -0.1) is 0 Å². The van der Waals surface area contributed by atoms with Gasteiger partial charge in [-0.05, 0) is 67.9 Å². The molecule has 0 atom stereocenters. The average Bonchev–Trinajstić information content (AvgIpc) is 2.56. The summed E-state index contributed by atoms with van der Waals surface area (Å²) >= 11 is 0. The number of piperidine rings is 1. The summed E-state index contributed by atoms with van der Waals surface area (Å²) in [6.07, 6.45) is 2.33. The smallest absolute Gasteiger partial charge is 0.0432 e. The topological polar surface area (TPSA) is 67.3 Å². The molecule has 22 heavy (non-hydrogen) atoms. The minimum absolute atomic E-state index is 0.558. The van der Waals surface area contributed by atoms with Gasteiger partial charge < -0.3 is 21.7 Å². The van der Waals surface area contributed by atoms with E-state index in [2.05, 4.69) is 34.5 Å². The average molecular weight is 296 g/mol. The molecule has 0 radical (unpaired) electrons. The van der Waals surface area contributed by atoms with Crippen molar-refractivity contribution in [2.45, 2.75) is 25.4 Å². The molecular formula is C18H24N4. The predicted molar refractivity (Wildman–Crippen MR) is 93.8 cm³/mol. The van der Waals surface area contributed by atoms with Crippen LogP contribution in [-0.2, 0) is 6.54 Å². The third kappa shape index (κ3) is 3.52.